The highest BCUT2D eigenvalue weighted by Crippen LogP contribution is 2.23. The molecule has 4 heteroatoms. The van der Waals surface area contributed by atoms with E-state index in [-0.39, 0.29) is 12.1 Å². The van der Waals surface area contributed by atoms with Crippen LogP contribution in [0.1, 0.15) is 31.4 Å². The number of rotatable bonds is 5. The maximum absolute atomic E-state index is 5.95. The van der Waals surface area contributed by atoms with Gasteiger partial charge in [0.25, 0.3) is 0 Å². The van der Waals surface area contributed by atoms with Crippen LogP contribution in [0.15, 0.2) is 24.3 Å². The number of nitrogens with one attached hydrogen (secondary N) is 1. The van der Waals surface area contributed by atoms with E-state index in [9.17, 15) is 0 Å². The number of ether oxygens (including phenoxy) is 1. The van der Waals surface area contributed by atoms with Crippen LogP contribution in [0.25, 0.3) is 0 Å². The fourth-order valence-electron chi connectivity index (χ4n) is 2.92. The third-order valence-electron chi connectivity index (χ3n) is 4.12. The molecule has 0 aliphatic carbocycles. The fourth-order valence-corrected chi connectivity index (χ4v) is 3.04. The summed E-state index contributed by atoms with van der Waals surface area (Å²) >= 11 is 5.95. The molecule has 1 aromatic rings. The Kier molecular flexibility index (Phi) is 5.85. The van der Waals surface area contributed by atoms with E-state index < -0.39 is 0 Å². The van der Waals surface area contributed by atoms with Gasteiger partial charge in [-0.2, -0.15) is 0 Å². The minimum absolute atomic E-state index is 0.0620. The molecule has 1 fully saturated rings. The van der Waals surface area contributed by atoms with Crippen molar-refractivity contribution in [2.24, 2.45) is 0 Å². The maximum Gasteiger partial charge on any atom is 0.0971 e. The van der Waals surface area contributed by atoms with Gasteiger partial charge in [-0.15, -0.1) is 0 Å². The Morgan fingerprint density at radius 3 is 2.40 bits per heavy atom. The Balaban J connectivity index is 1.95. The van der Waals surface area contributed by atoms with Crippen LogP contribution in [0.5, 0.6) is 0 Å². The molecule has 0 saturated carbocycles. The van der Waals surface area contributed by atoms with Gasteiger partial charge < -0.3 is 15.0 Å². The van der Waals surface area contributed by atoms with Gasteiger partial charge in [0.05, 0.1) is 6.10 Å². The third-order valence-corrected chi connectivity index (χ3v) is 4.38. The first-order valence-corrected chi connectivity index (χ1v) is 7.71. The molecule has 0 amide bonds. The largest absolute Gasteiger partial charge is 0.375 e. The van der Waals surface area contributed by atoms with Crippen molar-refractivity contribution in [2.75, 3.05) is 27.2 Å². The predicted molar refractivity (Wildman–Crippen MR) is 84.3 cm³/mol. The van der Waals surface area contributed by atoms with Crippen LogP contribution in [-0.2, 0) is 4.74 Å². The summed E-state index contributed by atoms with van der Waals surface area (Å²) in [4.78, 5) is 2.38. The van der Waals surface area contributed by atoms with Gasteiger partial charge in [0.1, 0.15) is 0 Å². The van der Waals surface area contributed by atoms with Gasteiger partial charge in [-0.05, 0) is 57.6 Å². The van der Waals surface area contributed by atoms with Crippen molar-refractivity contribution >= 4 is 11.6 Å². The van der Waals surface area contributed by atoms with Crippen LogP contribution in [0.4, 0.5) is 0 Å². The number of benzene rings is 1. The molecule has 1 N–H and O–H groups in total. The minimum atomic E-state index is 0.0620. The molecule has 1 heterocycles. The van der Waals surface area contributed by atoms with E-state index in [0.29, 0.717) is 6.04 Å². The molecule has 0 spiro atoms. The first kappa shape index (κ1) is 15.8. The number of likely N-dealkylation sites (tertiary alicyclic amines) is 1. The van der Waals surface area contributed by atoms with Crippen LogP contribution in [0.3, 0.4) is 0 Å². The monoisotopic (exact) mass is 296 g/mol. The Morgan fingerprint density at radius 1 is 1.25 bits per heavy atom. The molecular formula is C16H25ClN2O. The van der Waals surface area contributed by atoms with Gasteiger partial charge in [-0.3, -0.25) is 0 Å². The van der Waals surface area contributed by atoms with Crippen LogP contribution in [0.2, 0.25) is 5.02 Å². The Hall–Kier alpha value is -0.610. The highest BCUT2D eigenvalue weighted by Gasteiger charge is 2.23. The summed E-state index contributed by atoms with van der Waals surface area (Å²) in [7, 11) is 3.96. The zero-order valence-electron chi connectivity index (χ0n) is 12.6. The molecular weight excluding hydrogens is 272 g/mol. The number of halogens is 1. The Morgan fingerprint density at radius 2 is 1.85 bits per heavy atom. The summed E-state index contributed by atoms with van der Waals surface area (Å²) in [5.41, 5.74) is 1.17. The number of nitrogens with zero attached hydrogens (tertiary/aromatic N) is 1. The summed E-state index contributed by atoms with van der Waals surface area (Å²) in [5.74, 6) is 0. The normalized spacial score (nSPS) is 20.8. The van der Waals surface area contributed by atoms with Crippen LogP contribution in [0, 0.1) is 0 Å². The first-order valence-electron chi connectivity index (χ1n) is 7.33. The lowest BCUT2D eigenvalue weighted by Crippen LogP contribution is -2.46. The average molecular weight is 297 g/mol. The van der Waals surface area contributed by atoms with Crippen LogP contribution in [-0.4, -0.2) is 44.2 Å². The van der Waals surface area contributed by atoms with Gasteiger partial charge in [0.2, 0.25) is 0 Å². The van der Waals surface area contributed by atoms with Crippen molar-refractivity contribution in [3.8, 4) is 0 Å². The van der Waals surface area contributed by atoms with Gasteiger partial charge in [0, 0.05) is 24.2 Å². The standard InChI is InChI=1S/C16H25ClN2O/c1-12(18-15-8-10-19(2)11-9-15)16(20-3)13-4-6-14(17)7-5-13/h4-7,12,15-16,18H,8-11H2,1-3H3. The molecule has 20 heavy (non-hydrogen) atoms. The second-order valence-electron chi connectivity index (χ2n) is 5.74. The minimum Gasteiger partial charge on any atom is -0.375 e. The van der Waals surface area contributed by atoms with E-state index in [0.717, 1.165) is 5.02 Å². The lowest BCUT2D eigenvalue weighted by molar-refractivity contribution is 0.0651. The number of hydrogen-bond donors (Lipinski definition) is 1. The number of methoxy groups -OCH3 is 1. The summed E-state index contributed by atoms with van der Waals surface area (Å²) < 4.78 is 5.68. The van der Waals surface area contributed by atoms with Crippen LogP contribution >= 0.6 is 11.6 Å². The zero-order valence-corrected chi connectivity index (χ0v) is 13.4. The SMILES string of the molecule is COC(c1ccc(Cl)cc1)C(C)NC1CCN(C)CC1. The zero-order chi connectivity index (χ0) is 14.5. The maximum atomic E-state index is 5.95. The molecule has 1 aromatic carbocycles. The number of hydrogen-bond acceptors (Lipinski definition) is 3. The smallest absolute Gasteiger partial charge is 0.0971 e. The highest BCUT2D eigenvalue weighted by atomic mass is 35.5. The second kappa shape index (κ2) is 7.41. The molecule has 0 aromatic heterocycles. The van der Waals surface area contributed by atoms with E-state index in [4.69, 9.17) is 16.3 Å². The van der Waals surface area contributed by atoms with Crippen LogP contribution < -0.4 is 5.32 Å². The molecule has 1 saturated heterocycles. The first-order chi connectivity index (χ1) is 9.60. The van der Waals surface area contributed by atoms with E-state index in [1.54, 1.807) is 7.11 Å². The summed E-state index contributed by atoms with van der Waals surface area (Å²) in [6, 6.07) is 8.81. The second-order valence-corrected chi connectivity index (χ2v) is 6.18. The van der Waals surface area contributed by atoms with Crippen molar-refractivity contribution in [3.63, 3.8) is 0 Å². The molecule has 2 atom stereocenters. The van der Waals surface area contributed by atoms with E-state index >= 15 is 0 Å². The van der Waals surface area contributed by atoms with Gasteiger partial charge in [0.15, 0.2) is 0 Å². The van der Waals surface area contributed by atoms with E-state index in [1.807, 2.05) is 24.3 Å². The van der Waals surface area contributed by atoms with E-state index in [2.05, 4.69) is 24.2 Å². The summed E-state index contributed by atoms with van der Waals surface area (Å²) in [6.07, 6.45) is 2.47. The van der Waals surface area contributed by atoms with Crippen molar-refractivity contribution in [3.05, 3.63) is 34.9 Å². The lowest BCUT2D eigenvalue weighted by atomic mass is 9.99. The molecule has 3 nitrogen and oxygen atoms in total. The lowest BCUT2D eigenvalue weighted by Gasteiger charge is -2.34. The molecule has 0 bridgehead atoms. The average Bonchev–Trinajstić information content (AvgIpc) is 2.44. The molecule has 0 radical (unpaired) electrons. The van der Waals surface area contributed by atoms with E-state index in [1.165, 1.54) is 31.5 Å². The molecule has 112 valence electrons. The molecule has 1 aliphatic rings. The summed E-state index contributed by atoms with van der Waals surface area (Å²) in [5, 5.41) is 4.48. The quantitative estimate of drug-likeness (QED) is 0.903. The molecule has 2 unspecified atom stereocenters. The highest BCUT2D eigenvalue weighted by molar-refractivity contribution is 6.30. The number of piperidine rings is 1. The fraction of sp³-hybridized carbons (Fsp3) is 0.625. The summed E-state index contributed by atoms with van der Waals surface area (Å²) in [6.45, 7) is 4.53. The van der Waals surface area contributed by atoms with Crippen molar-refractivity contribution in [1.29, 1.82) is 0 Å². The van der Waals surface area contributed by atoms with Gasteiger partial charge in [-0.1, -0.05) is 23.7 Å². The van der Waals surface area contributed by atoms with Crippen molar-refractivity contribution < 1.29 is 4.74 Å². The molecule has 2 rings (SSSR count). The third kappa shape index (κ3) is 4.19. The van der Waals surface area contributed by atoms with Gasteiger partial charge in [-0.25, -0.2) is 0 Å². The van der Waals surface area contributed by atoms with Crippen molar-refractivity contribution in [2.45, 2.75) is 38.0 Å². The Bertz CT molecular complexity index is 401. The van der Waals surface area contributed by atoms with Crippen molar-refractivity contribution in [1.82, 2.24) is 10.2 Å². The topological polar surface area (TPSA) is 24.5 Å². The predicted octanol–water partition coefficient (Wildman–Crippen LogP) is 3.10. The van der Waals surface area contributed by atoms with Gasteiger partial charge >= 0.3 is 0 Å². The Labute approximate surface area is 127 Å². The molecule has 1 aliphatic heterocycles.